The van der Waals surface area contributed by atoms with E-state index in [1.165, 1.54) is 6.07 Å². The molecule has 0 unspecified atom stereocenters. The SMILES string of the molecule is CC(C)N(Cc1ccc(Cl)c(Cl)c1)C(=O)c1cc(=O)n(C)c2ccccc12. The predicted octanol–water partition coefficient (Wildman–Crippen LogP) is 4.90. The molecule has 0 radical (unpaired) electrons. The fourth-order valence-corrected chi connectivity index (χ4v) is 3.39. The smallest absolute Gasteiger partial charge is 0.255 e. The molecular weight excluding hydrogens is 383 g/mol. The zero-order chi connectivity index (χ0) is 19.7. The molecular formula is C21H20Cl2N2O2. The molecule has 0 saturated heterocycles. The van der Waals surface area contributed by atoms with Crippen LogP contribution < -0.4 is 5.56 Å². The van der Waals surface area contributed by atoms with E-state index >= 15 is 0 Å². The van der Waals surface area contributed by atoms with E-state index in [-0.39, 0.29) is 17.5 Å². The first kappa shape index (κ1) is 19.5. The lowest BCUT2D eigenvalue weighted by atomic mass is 10.1. The molecule has 1 heterocycles. The first-order valence-corrected chi connectivity index (χ1v) is 9.39. The number of rotatable bonds is 4. The summed E-state index contributed by atoms with van der Waals surface area (Å²) in [5.41, 5.74) is 1.80. The van der Waals surface area contributed by atoms with E-state index in [4.69, 9.17) is 23.2 Å². The number of benzene rings is 2. The Morgan fingerprint density at radius 2 is 1.78 bits per heavy atom. The van der Waals surface area contributed by atoms with Crippen molar-refractivity contribution in [3.63, 3.8) is 0 Å². The van der Waals surface area contributed by atoms with Crippen LogP contribution in [-0.4, -0.2) is 21.4 Å². The number of amides is 1. The van der Waals surface area contributed by atoms with E-state index in [1.807, 2.05) is 44.2 Å². The van der Waals surface area contributed by atoms with Crippen LogP contribution in [0.5, 0.6) is 0 Å². The first-order valence-electron chi connectivity index (χ1n) is 8.63. The van der Waals surface area contributed by atoms with Crippen molar-refractivity contribution in [1.29, 1.82) is 0 Å². The Kier molecular flexibility index (Phi) is 5.59. The Bertz CT molecular complexity index is 1070. The summed E-state index contributed by atoms with van der Waals surface area (Å²) in [6.07, 6.45) is 0. The summed E-state index contributed by atoms with van der Waals surface area (Å²) in [4.78, 5) is 27.4. The molecule has 4 nitrogen and oxygen atoms in total. The van der Waals surface area contributed by atoms with E-state index in [9.17, 15) is 9.59 Å². The van der Waals surface area contributed by atoms with Crippen molar-refractivity contribution >= 4 is 40.0 Å². The average molecular weight is 403 g/mol. The van der Waals surface area contributed by atoms with Crippen LogP contribution in [0.3, 0.4) is 0 Å². The number of aryl methyl sites for hydroxylation is 1. The fourth-order valence-electron chi connectivity index (χ4n) is 3.07. The maximum absolute atomic E-state index is 13.3. The number of para-hydroxylation sites is 1. The van der Waals surface area contributed by atoms with Gasteiger partial charge in [-0.3, -0.25) is 9.59 Å². The van der Waals surface area contributed by atoms with Crippen LogP contribution in [0.15, 0.2) is 53.3 Å². The molecule has 27 heavy (non-hydrogen) atoms. The lowest BCUT2D eigenvalue weighted by Crippen LogP contribution is -2.37. The Morgan fingerprint density at radius 3 is 2.44 bits per heavy atom. The molecule has 3 aromatic rings. The van der Waals surface area contributed by atoms with E-state index in [0.717, 1.165) is 16.5 Å². The third-order valence-electron chi connectivity index (χ3n) is 4.61. The zero-order valence-electron chi connectivity index (χ0n) is 15.4. The van der Waals surface area contributed by atoms with Gasteiger partial charge < -0.3 is 9.47 Å². The van der Waals surface area contributed by atoms with Crippen LogP contribution in [0.1, 0.15) is 29.8 Å². The molecule has 0 aliphatic rings. The number of hydrogen-bond acceptors (Lipinski definition) is 2. The third-order valence-corrected chi connectivity index (χ3v) is 5.34. The van der Waals surface area contributed by atoms with Crippen LogP contribution in [0.2, 0.25) is 10.0 Å². The van der Waals surface area contributed by atoms with Crippen molar-refractivity contribution in [3.8, 4) is 0 Å². The number of carbonyl (C=O) groups is 1. The molecule has 6 heteroatoms. The molecule has 0 spiro atoms. The molecule has 3 rings (SSSR count). The van der Waals surface area contributed by atoms with Gasteiger partial charge in [-0.1, -0.05) is 47.5 Å². The highest BCUT2D eigenvalue weighted by Crippen LogP contribution is 2.25. The number of pyridine rings is 1. The molecule has 1 amide bonds. The Balaban J connectivity index is 2.06. The second-order valence-electron chi connectivity index (χ2n) is 6.75. The second-order valence-corrected chi connectivity index (χ2v) is 7.56. The van der Waals surface area contributed by atoms with Crippen LogP contribution in [0.25, 0.3) is 10.9 Å². The monoisotopic (exact) mass is 402 g/mol. The lowest BCUT2D eigenvalue weighted by Gasteiger charge is -2.28. The maximum Gasteiger partial charge on any atom is 0.255 e. The summed E-state index contributed by atoms with van der Waals surface area (Å²) in [6.45, 7) is 4.26. The average Bonchev–Trinajstić information content (AvgIpc) is 2.64. The molecule has 140 valence electrons. The largest absolute Gasteiger partial charge is 0.332 e. The van der Waals surface area contributed by atoms with E-state index in [1.54, 1.807) is 28.6 Å². The van der Waals surface area contributed by atoms with Gasteiger partial charge in [-0.2, -0.15) is 0 Å². The molecule has 0 N–H and O–H groups in total. The minimum Gasteiger partial charge on any atom is -0.332 e. The summed E-state index contributed by atoms with van der Waals surface area (Å²) in [7, 11) is 1.70. The summed E-state index contributed by atoms with van der Waals surface area (Å²) in [5.74, 6) is -0.190. The Hall–Kier alpha value is -2.30. The Labute approximate surface area is 167 Å². The molecule has 0 aliphatic carbocycles. The quantitative estimate of drug-likeness (QED) is 0.622. The number of aromatic nitrogens is 1. The molecule has 2 aromatic carbocycles. The van der Waals surface area contributed by atoms with Crippen LogP contribution in [-0.2, 0) is 13.6 Å². The van der Waals surface area contributed by atoms with E-state index in [2.05, 4.69) is 0 Å². The molecule has 1 aromatic heterocycles. The van der Waals surface area contributed by atoms with Gasteiger partial charge in [0.25, 0.3) is 11.5 Å². The van der Waals surface area contributed by atoms with Crippen LogP contribution >= 0.6 is 23.2 Å². The number of fused-ring (bicyclic) bond motifs is 1. The number of carbonyl (C=O) groups excluding carboxylic acids is 1. The third kappa shape index (κ3) is 3.87. The highest BCUT2D eigenvalue weighted by molar-refractivity contribution is 6.42. The van der Waals surface area contributed by atoms with Crippen molar-refractivity contribution in [2.24, 2.45) is 7.05 Å². The first-order chi connectivity index (χ1) is 12.8. The van der Waals surface area contributed by atoms with Gasteiger partial charge in [0.1, 0.15) is 0 Å². The standard InChI is InChI=1S/C21H20Cl2N2O2/c1-13(2)25(12-14-8-9-17(22)18(23)10-14)21(27)16-11-20(26)24(3)19-7-5-4-6-15(16)19/h4-11,13H,12H2,1-3H3. The molecule has 0 saturated carbocycles. The second kappa shape index (κ2) is 7.75. The number of nitrogens with zero attached hydrogens (tertiary/aromatic N) is 2. The van der Waals surface area contributed by atoms with Crippen molar-refractivity contribution in [3.05, 3.63) is 80.1 Å². The number of halogens is 2. The van der Waals surface area contributed by atoms with Gasteiger partial charge in [-0.05, 0) is 37.6 Å². The van der Waals surface area contributed by atoms with Crippen molar-refractivity contribution in [2.75, 3.05) is 0 Å². The predicted molar refractivity (Wildman–Crippen MR) is 111 cm³/mol. The van der Waals surface area contributed by atoms with Gasteiger partial charge in [-0.15, -0.1) is 0 Å². The van der Waals surface area contributed by atoms with Gasteiger partial charge in [-0.25, -0.2) is 0 Å². The highest BCUT2D eigenvalue weighted by Gasteiger charge is 2.22. The zero-order valence-corrected chi connectivity index (χ0v) is 16.9. The van der Waals surface area contributed by atoms with Gasteiger partial charge >= 0.3 is 0 Å². The molecule has 0 fully saturated rings. The number of hydrogen-bond donors (Lipinski definition) is 0. The molecule has 0 aliphatic heterocycles. The Morgan fingerprint density at radius 1 is 1.07 bits per heavy atom. The van der Waals surface area contributed by atoms with Gasteiger partial charge in [0.15, 0.2) is 0 Å². The van der Waals surface area contributed by atoms with Crippen molar-refractivity contribution < 1.29 is 4.79 Å². The van der Waals surface area contributed by atoms with Gasteiger partial charge in [0, 0.05) is 31.1 Å². The van der Waals surface area contributed by atoms with E-state index < -0.39 is 0 Å². The summed E-state index contributed by atoms with van der Waals surface area (Å²) >= 11 is 12.1. The normalized spacial score (nSPS) is 11.2. The lowest BCUT2D eigenvalue weighted by molar-refractivity contribution is 0.0692. The van der Waals surface area contributed by atoms with Gasteiger partial charge in [0.05, 0.1) is 21.1 Å². The summed E-state index contributed by atoms with van der Waals surface area (Å²) in [5, 5.41) is 1.68. The highest BCUT2D eigenvalue weighted by atomic mass is 35.5. The minimum absolute atomic E-state index is 0.0604. The minimum atomic E-state index is -0.213. The topological polar surface area (TPSA) is 42.3 Å². The van der Waals surface area contributed by atoms with E-state index in [0.29, 0.717) is 22.2 Å². The van der Waals surface area contributed by atoms with Crippen LogP contribution in [0, 0.1) is 0 Å². The fraction of sp³-hybridized carbons (Fsp3) is 0.238. The maximum atomic E-state index is 13.3. The summed E-state index contributed by atoms with van der Waals surface area (Å²) in [6, 6.07) is 14.1. The van der Waals surface area contributed by atoms with Gasteiger partial charge in [0.2, 0.25) is 0 Å². The molecule has 0 atom stereocenters. The molecule has 0 bridgehead atoms. The van der Waals surface area contributed by atoms with Crippen molar-refractivity contribution in [1.82, 2.24) is 9.47 Å². The van der Waals surface area contributed by atoms with Crippen molar-refractivity contribution in [2.45, 2.75) is 26.4 Å². The van der Waals surface area contributed by atoms with Crippen LogP contribution in [0.4, 0.5) is 0 Å². The summed E-state index contributed by atoms with van der Waals surface area (Å²) < 4.78 is 1.55.